The highest BCUT2D eigenvalue weighted by Gasteiger charge is 2.32. The molecule has 132 valence electrons. The Balaban J connectivity index is 1.54. The number of benzene rings is 2. The molecule has 6 heteroatoms. The second-order valence-corrected chi connectivity index (χ2v) is 6.38. The summed E-state index contributed by atoms with van der Waals surface area (Å²) in [5.41, 5.74) is 3.94. The molecule has 4 rings (SSSR count). The van der Waals surface area contributed by atoms with Gasteiger partial charge in [0, 0.05) is 12.0 Å². The Morgan fingerprint density at radius 1 is 1.15 bits per heavy atom. The van der Waals surface area contributed by atoms with E-state index in [-0.39, 0.29) is 0 Å². The van der Waals surface area contributed by atoms with E-state index in [2.05, 4.69) is 15.8 Å². The van der Waals surface area contributed by atoms with Crippen LogP contribution in [0.3, 0.4) is 0 Å². The Kier molecular flexibility index (Phi) is 4.18. The van der Waals surface area contributed by atoms with Crippen molar-refractivity contribution < 1.29 is 14.4 Å². The fourth-order valence-corrected chi connectivity index (χ4v) is 3.34. The molecule has 1 heterocycles. The molecular weight excluding hydrogens is 330 g/mol. The molecule has 2 amide bonds. The number of anilines is 1. The molecule has 2 atom stereocenters. The maximum absolute atomic E-state index is 12.6. The highest BCUT2D eigenvalue weighted by atomic mass is 16.5. The minimum absolute atomic E-state index is 0.408. The summed E-state index contributed by atoms with van der Waals surface area (Å²) in [7, 11) is 0. The first-order valence-corrected chi connectivity index (χ1v) is 8.48. The zero-order chi connectivity index (χ0) is 18.1. The second-order valence-electron chi connectivity index (χ2n) is 6.38. The van der Waals surface area contributed by atoms with Crippen LogP contribution in [0.4, 0.5) is 10.5 Å². The number of aliphatic hydroxyl groups excluding tert-OH is 1. The lowest BCUT2D eigenvalue weighted by atomic mass is 10.1. The van der Waals surface area contributed by atoms with Crippen LogP contribution in [0.2, 0.25) is 0 Å². The Bertz CT molecular complexity index is 936. The number of fused-ring (bicyclic) bond motifs is 1. The number of aryl methyl sites for hydroxylation is 1. The summed E-state index contributed by atoms with van der Waals surface area (Å²) in [6, 6.07) is 16.4. The first kappa shape index (κ1) is 16.4. The fraction of sp³-hybridized carbons (Fsp3) is 0.200. The van der Waals surface area contributed by atoms with Crippen molar-refractivity contribution >= 4 is 11.7 Å². The smallest absolute Gasteiger partial charge is 0.319 e. The van der Waals surface area contributed by atoms with Crippen LogP contribution in [-0.4, -0.2) is 22.4 Å². The number of rotatable bonds is 3. The Labute approximate surface area is 150 Å². The maximum atomic E-state index is 12.6. The van der Waals surface area contributed by atoms with Crippen LogP contribution >= 0.6 is 0 Å². The van der Waals surface area contributed by atoms with Crippen LogP contribution in [0.25, 0.3) is 11.3 Å². The van der Waals surface area contributed by atoms with Gasteiger partial charge in [-0.05, 0) is 18.1 Å². The molecule has 0 saturated heterocycles. The number of nitrogens with zero attached hydrogens (tertiary/aromatic N) is 1. The molecule has 3 N–H and O–H groups in total. The summed E-state index contributed by atoms with van der Waals surface area (Å²) in [4.78, 5) is 12.6. The van der Waals surface area contributed by atoms with Gasteiger partial charge in [0.2, 0.25) is 0 Å². The van der Waals surface area contributed by atoms with Crippen LogP contribution < -0.4 is 10.6 Å². The third kappa shape index (κ3) is 2.95. The van der Waals surface area contributed by atoms with Gasteiger partial charge in [-0.15, -0.1) is 0 Å². The van der Waals surface area contributed by atoms with Gasteiger partial charge in [-0.3, -0.25) is 0 Å². The number of carbonyl (C=O) groups excluding carboxylic acids is 1. The molecule has 1 aliphatic rings. The Hall–Kier alpha value is -3.12. The van der Waals surface area contributed by atoms with Crippen molar-refractivity contribution in [1.29, 1.82) is 0 Å². The molecule has 0 aliphatic heterocycles. The Morgan fingerprint density at radius 3 is 2.69 bits per heavy atom. The number of aromatic nitrogens is 1. The van der Waals surface area contributed by atoms with Gasteiger partial charge in [0.05, 0.1) is 12.1 Å². The van der Waals surface area contributed by atoms with Crippen molar-refractivity contribution in [3.05, 3.63) is 71.4 Å². The van der Waals surface area contributed by atoms with Crippen LogP contribution in [0.5, 0.6) is 0 Å². The predicted octanol–water partition coefficient (Wildman–Crippen LogP) is 3.43. The van der Waals surface area contributed by atoms with Crippen LogP contribution in [0, 0.1) is 6.92 Å². The van der Waals surface area contributed by atoms with Gasteiger partial charge in [-0.1, -0.05) is 59.8 Å². The van der Waals surface area contributed by atoms with E-state index in [4.69, 9.17) is 4.52 Å². The predicted molar refractivity (Wildman–Crippen MR) is 97.7 cm³/mol. The quantitative estimate of drug-likeness (QED) is 0.676. The monoisotopic (exact) mass is 349 g/mol. The van der Waals surface area contributed by atoms with Crippen molar-refractivity contribution in [2.75, 3.05) is 5.32 Å². The summed E-state index contributed by atoms with van der Waals surface area (Å²) in [5.74, 6) is 0.505. The van der Waals surface area contributed by atoms with Gasteiger partial charge >= 0.3 is 6.03 Å². The van der Waals surface area contributed by atoms with E-state index in [0.717, 1.165) is 16.7 Å². The number of hydrogen-bond donors (Lipinski definition) is 3. The highest BCUT2D eigenvalue weighted by Crippen LogP contribution is 2.33. The average molecular weight is 349 g/mol. The average Bonchev–Trinajstić information content (AvgIpc) is 3.16. The van der Waals surface area contributed by atoms with Crippen LogP contribution in [0.1, 0.15) is 22.9 Å². The molecule has 0 bridgehead atoms. The van der Waals surface area contributed by atoms with Crippen LogP contribution in [0.15, 0.2) is 59.1 Å². The van der Waals surface area contributed by atoms with E-state index < -0.39 is 18.2 Å². The summed E-state index contributed by atoms with van der Waals surface area (Å²) in [6.45, 7) is 1.77. The van der Waals surface area contributed by atoms with Crippen molar-refractivity contribution in [3.8, 4) is 11.3 Å². The van der Waals surface area contributed by atoms with E-state index in [9.17, 15) is 9.90 Å². The second kappa shape index (κ2) is 6.65. The third-order valence-corrected chi connectivity index (χ3v) is 4.63. The van der Waals surface area contributed by atoms with Crippen molar-refractivity contribution in [2.45, 2.75) is 25.5 Å². The lowest BCUT2D eigenvalue weighted by Crippen LogP contribution is -2.37. The molecule has 3 aromatic rings. The standard InChI is InChI=1S/C20H19N3O3/c1-12-17(19(26-23-12)13-7-3-2-4-8-13)21-20(25)22-18-15-10-6-5-9-14(15)11-16(18)24/h2-10,16,18,24H,11H2,1H3,(H2,21,22,25)/t16-,18-/m1/s1. The molecule has 6 nitrogen and oxygen atoms in total. The normalized spacial score (nSPS) is 18.4. The molecule has 0 spiro atoms. The molecule has 0 saturated carbocycles. The van der Waals surface area contributed by atoms with Crippen LogP contribution in [-0.2, 0) is 6.42 Å². The summed E-state index contributed by atoms with van der Waals surface area (Å²) < 4.78 is 5.39. The minimum atomic E-state index is -0.643. The fourth-order valence-electron chi connectivity index (χ4n) is 3.34. The first-order chi connectivity index (χ1) is 12.6. The molecule has 0 unspecified atom stereocenters. The number of nitrogens with one attached hydrogen (secondary N) is 2. The summed E-state index contributed by atoms with van der Waals surface area (Å²) >= 11 is 0. The lowest BCUT2D eigenvalue weighted by molar-refractivity contribution is 0.144. The lowest BCUT2D eigenvalue weighted by Gasteiger charge is -2.18. The van der Waals surface area contributed by atoms with Gasteiger partial charge in [0.15, 0.2) is 5.76 Å². The zero-order valence-corrected chi connectivity index (χ0v) is 14.3. The number of carbonyl (C=O) groups is 1. The number of hydrogen-bond acceptors (Lipinski definition) is 4. The number of amides is 2. The van der Waals surface area contributed by atoms with E-state index in [0.29, 0.717) is 23.6 Å². The van der Waals surface area contributed by atoms with E-state index in [1.807, 2.05) is 54.6 Å². The van der Waals surface area contributed by atoms with E-state index in [1.165, 1.54) is 0 Å². The largest absolute Gasteiger partial charge is 0.390 e. The third-order valence-electron chi connectivity index (χ3n) is 4.63. The molecule has 26 heavy (non-hydrogen) atoms. The molecule has 2 aromatic carbocycles. The van der Waals surface area contributed by atoms with Gasteiger partial charge in [-0.25, -0.2) is 4.79 Å². The van der Waals surface area contributed by atoms with E-state index >= 15 is 0 Å². The molecule has 0 fully saturated rings. The SMILES string of the molecule is Cc1noc(-c2ccccc2)c1NC(=O)N[C@@H]1c2ccccc2C[C@H]1O. The molecule has 1 aromatic heterocycles. The van der Waals surface area contributed by atoms with Crippen molar-refractivity contribution in [1.82, 2.24) is 10.5 Å². The molecule has 0 radical (unpaired) electrons. The summed E-state index contributed by atoms with van der Waals surface area (Å²) in [5, 5.41) is 19.9. The molecule has 1 aliphatic carbocycles. The minimum Gasteiger partial charge on any atom is -0.390 e. The highest BCUT2D eigenvalue weighted by molar-refractivity contribution is 5.94. The first-order valence-electron chi connectivity index (χ1n) is 8.48. The van der Waals surface area contributed by atoms with Crippen molar-refractivity contribution in [2.24, 2.45) is 0 Å². The maximum Gasteiger partial charge on any atom is 0.319 e. The summed E-state index contributed by atoms with van der Waals surface area (Å²) in [6.07, 6.45) is -0.113. The van der Waals surface area contributed by atoms with Gasteiger partial charge in [0.1, 0.15) is 11.4 Å². The number of aliphatic hydroxyl groups is 1. The topological polar surface area (TPSA) is 87.4 Å². The zero-order valence-electron chi connectivity index (χ0n) is 14.3. The van der Waals surface area contributed by atoms with E-state index in [1.54, 1.807) is 6.92 Å². The van der Waals surface area contributed by atoms with Crippen molar-refractivity contribution in [3.63, 3.8) is 0 Å². The van der Waals surface area contributed by atoms with Gasteiger partial charge < -0.3 is 20.3 Å². The Morgan fingerprint density at radius 2 is 1.88 bits per heavy atom. The number of urea groups is 1. The molecular formula is C20H19N3O3. The van der Waals surface area contributed by atoms with Gasteiger partial charge in [-0.2, -0.15) is 0 Å². The van der Waals surface area contributed by atoms with Gasteiger partial charge in [0.25, 0.3) is 0 Å².